The summed E-state index contributed by atoms with van der Waals surface area (Å²) in [5, 5.41) is 9.87. The summed E-state index contributed by atoms with van der Waals surface area (Å²) in [6.07, 6.45) is 12.6. The monoisotopic (exact) mass is 153 g/mol. The Morgan fingerprint density at radius 1 is 1.00 bits per heavy atom. The lowest BCUT2D eigenvalue weighted by molar-refractivity contribution is 0.349. The van der Waals surface area contributed by atoms with E-state index in [1.165, 1.54) is 19.3 Å². The van der Waals surface area contributed by atoms with Gasteiger partial charge in [0.05, 0.1) is 0 Å². The highest BCUT2D eigenvalue weighted by Gasteiger charge is 1.84. The SMILES string of the molecule is C/C=C/CCCCC/C=C/[O]. The van der Waals surface area contributed by atoms with Gasteiger partial charge >= 0.3 is 0 Å². The number of rotatable bonds is 6. The molecule has 0 aliphatic rings. The van der Waals surface area contributed by atoms with Crippen LogP contribution >= 0.6 is 0 Å². The van der Waals surface area contributed by atoms with Crippen molar-refractivity contribution in [3.05, 3.63) is 24.5 Å². The molecule has 0 N–H and O–H groups in total. The molecule has 0 aliphatic carbocycles. The van der Waals surface area contributed by atoms with Gasteiger partial charge in [-0.3, -0.25) is 5.11 Å². The van der Waals surface area contributed by atoms with Crippen LogP contribution in [0.2, 0.25) is 0 Å². The molecule has 63 valence electrons. The Hall–Kier alpha value is -0.720. The quantitative estimate of drug-likeness (QED) is 0.316. The van der Waals surface area contributed by atoms with Crippen molar-refractivity contribution in [1.29, 1.82) is 0 Å². The van der Waals surface area contributed by atoms with Crippen molar-refractivity contribution in [3.63, 3.8) is 0 Å². The van der Waals surface area contributed by atoms with Gasteiger partial charge in [0.25, 0.3) is 0 Å². The summed E-state index contributed by atoms with van der Waals surface area (Å²) >= 11 is 0. The molecule has 0 aromatic rings. The van der Waals surface area contributed by atoms with Gasteiger partial charge < -0.3 is 0 Å². The van der Waals surface area contributed by atoms with Crippen LogP contribution in [0, 0.1) is 0 Å². The minimum absolute atomic E-state index is 0.881. The van der Waals surface area contributed by atoms with Gasteiger partial charge in [-0.15, -0.1) is 0 Å². The van der Waals surface area contributed by atoms with E-state index in [-0.39, 0.29) is 0 Å². The third kappa shape index (κ3) is 9.28. The van der Waals surface area contributed by atoms with Gasteiger partial charge in [0.1, 0.15) is 6.26 Å². The van der Waals surface area contributed by atoms with Crippen molar-refractivity contribution in [1.82, 2.24) is 0 Å². The molecule has 0 amide bonds. The van der Waals surface area contributed by atoms with E-state index in [2.05, 4.69) is 12.2 Å². The standard InChI is InChI=1S/C10H17O/c1-2-3-4-5-6-7-8-9-10-11/h2-3,9-10H,4-8H2,1H3/b3-2+,10-9+. The second-order valence-corrected chi connectivity index (χ2v) is 2.58. The Bertz CT molecular complexity index is 100. The topological polar surface area (TPSA) is 19.9 Å². The average molecular weight is 153 g/mol. The van der Waals surface area contributed by atoms with Crippen LogP contribution in [-0.4, -0.2) is 0 Å². The van der Waals surface area contributed by atoms with E-state index in [1.54, 1.807) is 6.08 Å². The van der Waals surface area contributed by atoms with E-state index in [0.29, 0.717) is 0 Å². The molecular formula is C10H17O. The first-order valence-corrected chi connectivity index (χ1v) is 4.30. The minimum Gasteiger partial charge on any atom is -0.299 e. The maximum absolute atomic E-state index is 9.87. The Morgan fingerprint density at radius 3 is 2.18 bits per heavy atom. The predicted octanol–water partition coefficient (Wildman–Crippen LogP) is 3.46. The van der Waals surface area contributed by atoms with E-state index in [4.69, 9.17) is 0 Å². The van der Waals surface area contributed by atoms with Crippen LogP contribution in [0.15, 0.2) is 24.5 Å². The summed E-state index contributed by atoms with van der Waals surface area (Å²) in [7, 11) is 0. The Balaban J connectivity index is 2.90. The zero-order valence-electron chi connectivity index (χ0n) is 7.25. The van der Waals surface area contributed by atoms with Crippen LogP contribution in [0.3, 0.4) is 0 Å². The Labute approximate surface area is 69.4 Å². The lowest BCUT2D eigenvalue weighted by Crippen LogP contribution is -1.74. The molecule has 0 fully saturated rings. The van der Waals surface area contributed by atoms with Crippen molar-refractivity contribution in [2.75, 3.05) is 0 Å². The molecule has 0 bridgehead atoms. The van der Waals surface area contributed by atoms with E-state index < -0.39 is 0 Å². The Kier molecular flexibility index (Phi) is 8.67. The Morgan fingerprint density at radius 2 is 1.64 bits per heavy atom. The van der Waals surface area contributed by atoms with Gasteiger partial charge in [-0.05, 0) is 38.7 Å². The fourth-order valence-electron chi connectivity index (χ4n) is 0.936. The smallest absolute Gasteiger partial charge is 0.138 e. The third-order valence-corrected chi connectivity index (χ3v) is 1.57. The van der Waals surface area contributed by atoms with Crippen LogP contribution in [0.5, 0.6) is 0 Å². The summed E-state index contributed by atoms with van der Waals surface area (Å²) in [6.45, 7) is 2.04. The molecule has 0 saturated heterocycles. The van der Waals surface area contributed by atoms with Crippen molar-refractivity contribution < 1.29 is 5.11 Å². The van der Waals surface area contributed by atoms with Crippen molar-refractivity contribution >= 4 is 0 Å². The van der Waals surface area contributed by atoms with Gasteiger partial charge in [0.2, 0.25) is 0 Å². The maximum atomic E-state index is 9.87. The molecule has 0 aromatic carbocycles. The second kappa shape index (κ2) is 9.28. The molecule has 0 atom stereocenters. The highest BCUT2D eigenvalue weighted by atomic mass is 16.2. The number of unbranched alkanes of at least 4 members (excludes halogenated alkanes) is 4. The summed E-state index contributed by atoms with van der Waals surface area (Å²) in [6, 6.07) is 0. The third-order valence-electron chi connectivity index (χ3n) is 1.57. The summed E-state index contributed by atoms with van der Waals surface area (Å²) < 4.78 is 0. The van der Waals surface area contributed by atoms with Crippen LogP contribution in [-0.2, 0) is 5.11 Å². The molecule has 1 nitrogen and oxygen atoms in total. The van der Waals surface area contributed by atoms with Gasteiger partial charge in [-0.25, -0.2) is 0 Å². The largest absolute Gasteiger partial charge is 0.299 e. The van der Waals surface area contributed by atoms with Crippen LogP contribution < -0.4 is 0 Å². The first-order chi connectivity index (χ1) is 5.41. The van der Waals surface area contributed by atoms with Crippen molar-refractivity contribution in [2.24, 2.45) is 0 Å². The van der Waals surface area contributed by atoms with Crippen LogP contribution in [0.1, 0.15) is 39.0 Å². The lowest BCUT2D eigenvalue weighted by atomic mass is 10.1. The molecular weight excluding hydrogens is 136 g/mol. The van der Waals surface area contributed by atoms with Crippen molar-refractivity contribution in [2.45, 2.75) is 39.0 Å². The highest BCUT2D eigenvalue weighted by Crippen LogP contribution is 2.03. The zero-order valence-corrected chi connectivity index (χ0v) is 7.25. The van der Waals surface area contributed by atoms with Crippen molar-refractivity contribution in [3.8, 4) is 0 Å². The fraction of sp³-hybridized carbons (Fsp3) is 0.600. The predicted molar refractivity (Wildman–Crippen MR) is 47.7 cm³/mol. The molecule has 1 radical (unpaired) electrons. The van der Waals surface area contributed by atoms with Gasteiger partial charge in [-0.2, -0.15) is 0 Å². The molecule has 0 rings (SSSR count). The summed E-state index contributed by atoms with van der Waals surface area (Å²) in [5.74, 6) is 0. The van der Waals surface area contributed by atoms with Crippen LogP contribution in [0.25, 0.3) is 0 Å². The molecule has 0 aromatic heterocycles. The van der Waals surface area contributed by atoms with Gasteiger partial charge in [0.15, 0.2) is 0 Å². The molecule has 0 spiro atoms. The minimum atomic E-state index is 0.881. The van der Waals surface area contributed by atoms with Crippen LogP contribution in [0.4, 0.5) is 0 Å². The molecule has 0 heterocycles. The lowest BCUT2D eigenvalue weighted by Gasteiger charge is -1.93. The summed E-state index contributed by atoms with van der Waals surface area (Å²) in [5.41, 5.74) is 0. The van der Waals surface area contributed by atoms with E-state index in [1.807, 2.05) is 6.92 Å². The molecule has 0 aliphatic heterocycles. The van der Waals surface area contributed by atoms with Gasteiger partial charge in [0, 0.05) is 0 Å². The number of hydrogen-bond acceptors (Lipinski definition) is 0. The normalized spacial score (nSPS) is 11.7. The molecule has 11 heavy (non-hydrogen) atoms. The van der Waals surface area contributed by atoms with E-state index in [9.17, 15) is 5.11 Å². The molecule has 0 unspecified atom stereocenters. The zero-order chi connectivity index (χ0) is 8.36. The second-order valence-electron chi connectivity index (χ2n) is 2.58. The average Bonchev–Trinajstić information content (AvgIpc) is 2.03. The maximum Gasteiger partial charge on any atom is 0.138 e. The summed E-state index contributed by atoms with van der Waals surface area (Å²) in [4.78, 5) is 0. The first kappa shape index (κ1) is 10.3. The highest BCUT2D eigenvalue weighted by molar-refractivity contribution is 4.76. The van der Waals surface area contributed by atoms with E-state index >= 15 is 0 Å². The number of allylic oxidation sites excluding steroid dienone is 3. The first-order valence-electron chi connectivity index (χ1n) is 4.30. The van der Waals surface area contributed by atoms with E-state index in [0.717, 1.165) is 19.1 Å². The van der Waals surface area contributed by atoms with Gasteiger partial charge in [-0.1, -0.05) is 18.6 Å². The molecule has 0 saturated carbocycles. The fourth-order valence-corrected chi connectivity index (χ4v) is 0.936. The molecule has 1 heteroatoms. The number of hydrogen-bond donors (Lipinski definition) is 0.